The Hall–Kier alpha value is -2.53. The Kier molecular flexibility index (Phi) is 5.33. The Labute approximate surface area is 145 Å². The molecule has 0 unspecified atom stereocenters. The average molecular weight is 338 g/mol. The molecule has 0 fully saturated rings. The zero-order valence-electron chi connectivity index (χ0n) is 13.4. The largest absolute Gasteiger partial charge is 0.494 e. The molecule has 1 heterocycles. The fraction of sp³-hybridized carbons (Fsp3) is 0.158. The molecule has 0 atom stereocenters. The monoisotopic (exact) mass is 338 g/mol. The third-order valence-electron chi connectivity index (χ3n) is 3.45. The quantitative estimate of drug-likeness (QED) is 0.474. The van der Waals surface area contributed by atoms with Crippen molar-refractivity contribution < 1.29 is 9.53 Å². The number of carbonyl (C=O) groups excluding carboxylic acids is 1. The average Bonchev–Trinajstić information content (AvgIpc) is 3.05. The molecule has 2 aromatic carbocycles. The van der Waals surface area contributed by atoms with Crippen LogP contribution in [0.3, 0.4) is 0 Å². The molecule has 0 amide bonds. The van der Waals surface area contributed by atoms with E-state index < -0.39 is 0 Å². The van der Waals surface area contributed by atoms with E-state index in [1.807, 2.05) is 54.0 Å². The lowest BCUT2D eigenvalue weighted by atomic mass is 10.2. The molecule has 0 aliphatic heterocycles. The second-order valence-corrected chi connectivity index (χ2v) is 6.08. The summed E-state index contributed by atoms with van der Waals surface area (Å²) < 4.78 is 7.41. The normalized spacial score (nSPS) is 10.5. The molecule has 1 aromatic heterocycles. The molecule has 3 aromatic rings. The minimum atomic E-state index is 0.430. The highest BCUT2D eigenvalue weighted by Gasteiger charge is 2.10. The second kappa shape index (κ2) is 7.84. The highest BCUT2D eigenvalue weighted by molar-refractivity contribution is 7.98. The van der Waals surface area contributed by atoms with E-state index >= 15 is 0 Å². The minimum absolute atomic E-state index is 0.430. The smallest absolute Gasteiger partial charge is 0.173 e. The number of hydrogen-bond acceptors (Lipinski definition) is 4. The summed E-state index contributed by atoms with van der Waals surface area (Å²) in [5.74, 6) is 1.63. The van der Waals surface area contributed by atoms with E-state index in [1.54, 1.807) is 18.0 Å². The topological polar surface area (TPSA) is 44.1 Å². The molecule has 5 heteroatoms. The fourth-order valence-corrected chi connectivity index (χ4v) is 3.27. The molecular weight excluding hydrogens is 320 g/mol. The number of carbonyl (C=O) groups is 1. The van der Waals surface area contributed by atoms with Crippen molar-refractivity contribution in [1.82, 2.24) is 9.55 Å². The molecule has 0 N–H and O–H groups in total. The van der Waals surface area contributed by atoms with Gasteiger partial charge >= 0.3 is 0 Å². The van der Waals surface area contributed by atoms with Crippen LogP contribution >= 0.6 is 11.8 Å². The van der Waals surface area contributed by atoms with Crippen molar-refractivity contribution in [3.05, 3.63) is 72.1 Å². The first-order chi connectivity index (χ1) is 11.8. The molecular formula is C19H18N2O2S. The van der Waals surface area contributed by atoms with Crippen molar-refractivity contribution in [2.45, 2.75) is 17.8 Å². The Morgan fingerprint density at radius 3 is 2.54 bits per heavy atom. The number of aromatic nitrogens is 2. The number of aldehydes is 1. The predicted molar refractivity (Wildman–Crippen MR) is 96.1 cm³/mol. The summed E-state index contributed by atoms with van der Waals surface area (Å²) in [6.45, 7) is 2.59. The number of rotatable bonds is 7. The van der Waals surface area contributed by atoms with Crippen molar-refractivity contribution >= 4 is 18.0 Å². The van der Waals surface area contributed by atoms with E-state index in [4.69, 9.17) is 4.74 Å². The minimum Gasteiger partial charge on any atom is -0.494 e. The summed E-state index contributed by atoms with van der Waals surface area (Å²) in [7, 11) is 0. The zero-order chi connectivity index (χ0) is 16.8. The summed E-state index contributed by atoms with van der Waals surface area (Å²) in [5, 5.41) is 0.796. The molecule has 0 aliphatic rings. The summed E-state index contributed by atoms with van der Waals surface area (Å²) in [6, 6.07) is 18.0. The Morgan fingerprint density at radius 1 is 1.12 bits per heavy atom. The molecule has 0 saturated carbocycles. The lowest BCUT2D eigenvalue weighted by molar-refractivity contribution is 0.111. The number of hydrogen-bond donors (Lipinski definition) is 0. The molecule has 0 saturated heterocycles. The van der Waals surface area contributed by atoms with Crippen LogP contribution in [0.15, 0.2) is 66.0 Å². The van der Waals surface area contributed by atoms with Gasteiger partial charge in [-0.2, -0.15) is 0 Å². The van der Waals surface area contributed by atoms with Crippen molar-refractivity contribution in [3.63, 3.8) is 0 Å². The molecule has 4 nitrogen and oxygen atoms in total. The Balaban J connectivity index is 1.84. The SMILES string of the molecule is CCOc1ccc(-n2cc(C=O)nc2SCc2ccccc2)cc1. The molecule has 0 spiro atoms. The first kappa shape index (κ1) is 16.3. The first-order valence-corrected chi connectivity index (χ1v) is 8.73. The number of imidazole rings is 1. The van der Waals surface area contributed by atoms with Crippen molar-refractivity contribution in [2.24, 2.45) is 0 Å². The Morgan fingerprint density at radius 2 is 1.88 bits per heavy atom. The van der Waals surface area contributed by atoms with Crippen LogP contribution in [0.25, 0.3) is 5.69 Å². The zero-order valence-corrected chi connectivity index (χ0v) is 14.2. The van der Waals surface area contributed by atoms with Gasteiger partial charge in [0.2, 0.25) is 0 Å². The second-order valence-electron chi connectivity index (χ2n) is 5.14. The number of benzene rings is 2. The maximum atomic E-state index is 11.1. The van der Waals surface area contributed by atoms with Crippen LogP contribution in [-0.2, 0) is 5.75 Å². The molecule has 122 valence electrons. The standard InChI is InChI=1S/C19H18N2O2S/c1-2-23-18-10-8-17(9-11-18)21-12-16(13-22)20-19(21)24-14-15-6-4-3-5-7-15/h3-13H,2,14H2,1H3. The van der Waals surface area contributed by atoms with E-state index in [0.29, 0.717) is 12.3 Å². The van der Waals surface area contributed by atoms with Crippen LogP contribution in [0.1, 0.15) is 23.0 Å². The van der Waals surface area contributed by atoms with Crippen LogP contribution < -0.4 is 4.74 Å². The van der Waals surface area contributed by atoms with E-state index in [-0.39, 0.29) is 0 Å². The van der Waals surface area contributed by atoms with Gasteiger partial charge in [0.15, 0.2) is 11.4 Å². The summed E-state index contributed by atoms with van der Waals surface area (Å²) in [4.78, 5) is 15.5. The van der Waals surface area contributed by atoms with Crippen molar-refractivity contribution in [3.8, 4) is 11.4 Å². The Bertz CT molecular complexity index is 798. The number of thioether (sulfide) groups is 1. The summed E-state index contributed by atoms with van der Waals surface area (Å²) >= 11 is 1.61. The van der Waals surface area contributed by atoms with Gasteiger partial charge in [-0.05, 0) is 36.8 Å². The van der Waals surface area contributed by atoms with Gasteiger partial charge < -0.3 is 4.74 Å². The third kappa shape index (κ3) is 3.86. The van der Waals surface area contributed by atoms with Gasteiger partial charge in [-0.3, -0.25) is 9.36 Å². The molecule has 24 heavy (non-hydrogen) atoms. The van der Waals surface area contributed by atoms with Crippen LogP contribution in [0, 0.1) is 0 Å². The van der Waals surface area contributed by atoms with Crippen molar-refractivity contribution in [1.29, 1.82) is 0 Å². The maximum absolute atomic E-state index is 11.1. The van der Waals surface area contributed by atoms with E-state index in [2.05, 4.69) is 17.1 Å². The lowest BCUT2D eigenvalue weighted by Crippen LogP contribution is -1.96. The maximum Gasteiger partial charge on any atom is 0.173 e. The van der Waals surface area contributed by atoms with Crippen LogP contribution in [0.2, 0.25) is 0 Å². The third-order valence-corrected chi connectivity index (χ3v) is 4.47. The summed E-state index contributed by atoms with van der Waals surface area (Å²) in [6.07, 6.45) is 2.54. The molecule has 0 bridgehead atoms. The van der Waals surface area contributed by atoms with Gasteiger partial charge in [-0.1, -0.05) is 42.1 Å². The van der Waals surface area contributed by atoms with E-state index in [9.17, 15) is 4.79 Å². The lowest BCUT2D eigenvalue weighted by Gasteiger charge is -2.09. The van der Waals surface area contributed by atoms with Gasteiger partial charge in [-0.25, -0.2) is 4.98 Å². The van der Waals surface area contributed by atoms with Crippen molar-refractivity contribution in [2.75, 3.05) is 6.61 Å². The van der Waals surface area contributed by atoms with Gasteiger partial charge in [0.25, 0.3) is 0 Å². The van der Waals surface area contributed by atoms with E-state index in [0.717, 1.165) is 28.6 Å². The molecule has 0 radical (unpaired) electrons. The van der Waals surface area contributed by atoms with Crippen LogP contribution in [-0.4, -0.2) is 22.4 Å². The van der Waals surface area contributed by atoms with Gasteiger partial charge in [0.05, 0.1) is 6.61 Å². The van der Waals surface area contributed by atoms with Gasteiger partial charge in [0, 0.05) is 17.6 Å². The predicted octanol–water partition coefficient (Wildman–Crippen LogP) is 4.38. The van der Waals surface area contributed by atoms with Crippen LogP contribution in [0.4, 0.5) is 0 Å². The first-order valence-electron chi connectivity index (χ1n) is 7.74. The van der Waals surface area contributed by atoms with Gasteiger partial charge in [-0.15, -0.1) is 0 Å². The molecule has 0 aliphatic carbocycles. The fourth-order valence-electron chi connectivity index (χ4n) is 2.32. The highest BCUT2D eigenvalue weighted by Crippen LogP contribution is 2.26. The highest BCUT2D eigenvalue weighted by atomic mass is 32.2. The van der Waals surface area contributed by atoms with Crippen LogP contribution in [0.5, 0.6) is 5.75 Å². The summed E-state index contributed by atoms with van der Waals surface area (Å²) in [5.41, 5.74) is 2.60. The van der Waals surface area contributed by atoms with E-state index in [1.165, 1.54) is 5.56 Å². The number of ether oxygens (including phenoxy) is 1. The van der Waals surface area contributed by atoms with Gasteiger partial charge in [0.1, 0.15) is 11.4 Å². The number of nitrogens with zero attached hydrogens (tertiary/aromatic N) is 2. The molecule has 3 rings (SSSR count).